The second-order valence-corrected chi connectivity index (χ2v) is 10.0. The first-order valence-electron chi connectivity index (χ1n) is 11.4. The van der Waals surface area contributed by atoms with Crippen molar-refractivity contribution in [3.05, 3.63) is 78.0 Å². The van der Waals surface area contributed by atoms with Gasteiger partial charge < -0.3 is 19.1 Å². The van der Waals surface area contributed by atoms with Crippen molar-refractivity contribution in [2.75, 3.05) is 25.6 Å². The number of hydrogen-bond acceptors (Lipinski definition) is 7. The zero-order valence-electron chi connectivity index (χ0n) is 19.7. The molecule has 0 aliphatic heterocycles. The van der Waals surface area contributed by atoms with Crippen LogP contribution in [0.25, 0.3) is 22.2 Å². The van der Waals surface area contributed by atoms with Crippen LogP contribution < -0.4 is 10.0 Å². The zero-order valence-corrected chi connectivity index (χ0v) is 20.5. The normalized spacial score (nSPS) is 13.3. The van der Waals surface area contributed by atoms with E-state index in [1.807, 2.05) is 74.5 Å². The van der Waals surface area contributed by atoms with Crippen LogP contribution in [0.4, 0.5) is 5.82 Å². The molecule has 34 heavy (non-hydrogen) atoms. The number of benzene rings is 2. The van der Waals surface area contributed by atoms with Crippen molar-refractivity contribution < 1.29 is 13.8 Å². The summed E-state index contributed by atoms with van der Waals surface area (Å²) in [5.74, 6) is 0.786. The van der Waals surface area contributed by atoms with Gasteiger partial charge in [0.15, 0.2) is 5.58 Å². The largest absolute Gasteiger partial charge is 0.598 e. The molecule has 2 aromatic carbocycles. The topological polar surface area (TPSA) is 95.3 Å². The first-order chi connectivity index (χ1) is 16.6. The predicted molar refractivity (Wildman–Crippen MR) is 137 cm³/mol. The van der Waals surface area contributed by atoms with E-state index in [1.54, 1.807) is 7.11 Å². The number of rotatable bonds is 11. The highest BCUT2D eigenvalue weighted by atomic mass is 32.2. The van der Waals surface area contributed by atoms with Crippen molar-refractivity contribution in [2.24, 2.45) is 0 Å². The molecule has 0 aliphatic rings. The molecule has 2 aromatic heterocycles. The maximum absolute atomic E-state index is 12.9. The second-order valence-electron chi connectivity index (χ2n) is 8.27. The van der Waals surface area contributed by atoms with Gasteiger partial charge in [-0.2, -0.15) is 0 Å². The predicted octanol–water partition coefficient (Wildman–Crippen LogP) is 4.89. The van der Waals surface area contributed by atoms with Crippen LogP contribution in [-0.4, -0.2) is 40.2 Å². The summed E-state index contributed by atoms with van der Waals surface area (Å²) in [7, 11) is 1.67. The lowest BCUT2D eigenvalue weighted by atomic mass is 9.94. The Morgan fingerprint density at radius 2 is 1.82 bits per heavy atom. The molecular weight excluding hydrogens is 448 g/mol. The number of fused-ring (bicyclic) bond motifs is 1. The Kier molecular flexibility index (Phi) is 8.18. The van der Waals surface area contributed by atoms with Gasteiger partial charge in [-0.05, 0) is 43.7 Å². The van der Waals surface area contributed by atoms with E-state index in [-0.39, 0.29) is 11.3 Å². The first kappa shape index (κ1) is 24.2. The smallest absolute Gasteiger partial charge is 0.167 e. The Hall–Kier alpha value is -2.91. The number of nitrogens with one attached hydrogen (secondary N) is 2. The summed E-state index contributed by atoms with van der Waals surface area (Å²) >= 11 is -1.22. The van der Waals surface area contributed by atoms with Crippen molar-refractivity contribution in [1.29, 1.82) is 0 Å². The highest BCUT2D eigenvalue weighted by Crippen LogP contribution is 2.34. The maximum Gasteiger partial charge on any atom is 0.167 e. The van der Waals surface area contributed by atoms with Crippen molar-refractivity contribution in [3.8, 4) is 11.3 Å². The van der Waals surface area contributed by atoms with Gasteiger partial charge in [0, 0.05) is 48.1 Å². The van der Waals surface area contributed by atoms with Gasteiger partial charge in [0.2, 0.25) is 0 Å². The minimum Gasteiger partial charge on any atom is -0.598 e. The molecule has 2 atom stereocenters. The molecule has 0 fully saturated rings. The van der Waals surface area contributed by atoms with Gasteiger partial charge in [-0.1, -0.05) is 47.6 Å². The lowest BCUT2D eigenvalue weighted by Gasteiger charge is -2.24. The summed E-state index contributed by atoms with van der Waals surface area (Å²) in [6.45, 7) is 5.15. The van der Waals surface area contributed by atoms with Gasteiger partial charge in [-0.25, -0.2) is 4.98 Å². The molecule has 8 heteroatoms. The van der Waals surface area contributed by atoms with Crippen LogP contribution >= 0.6 is 0 Å². The van der Waals surface area contributed by atoms with E-state index >= 15 is 0 Å². The molecule has 2 heterocycles. The third-order valence-electron chi connectivity index (χ3n) is 5.49. The molecule has 0 saturated heterocycles. The lowest BCUT2D eigenvalue weighted by molar-refractivity contribution is 0.210. The summed E-state index contributed by atoms with van der Waals surface area (Å²) in [6, 6.07) is 21.5. The number of nitrogens with zero attached hydrogens (tertiary/aromatic N) is 2. The van der Waals surface area contributed by atoms with Crippen LogP contribution in [0.3, 0.4) is 0 Å². The molecular formula is C26H30N4O3S. The summed E-state index contributed by atoms with van der Waals surface area (Å²) in [5.41, 5.74) is 4.34. The highest BCUT2D eigenvalue weighted by Gasteiger charge is 2.26. The minimum absolute atomic E-state index is 0.0300. The van der Waals surface area contributed by atoms with Gasteiger partial charge in [0.1, 0.15) is 16.8 Å². The number of aromatic nitrogens is 2. The van der Waals surface area contributed by atoms with Crippen LogP contribution in [0.5, 0.6) is 0 Å². The molecule has 7 nitrogen and oxygen atoms in total. The second kappa shape index (κ2) is 11.5. The number of pyridine rings is 1. The van der Waals surface area contributed by atoms with Gasteiger partial charge in [-0.3, -0.25) is 0 Å². The standard InChI is InChI=1S/C26H30N4O3S/c1-18(2)34(31)30-23(17-19-9-8-14-25(28-19)27-15-16-32-3)20-10-4-5-11-21(20)26-22-12-6-7-13-24(22)33-29-26/h4-14,18,23,30H,15-17H2,1-3H3,(H,27,28). The van der Waals surface area contributed by atoms with Crippen LogP contribution in [0, 0.1) is 0 Å². The highest BCUT2D eigenvalue weighted by molar-refractivity contribution is 7.90. The van der Waals surface area contributed by atoms with E-state index in [9.17, 15) is 4.55 Å². The molecule has 0 radical (unpaired) electrons. The first-order valence-corrected chi connectivity index (χ1v) is 12.6. The summed E-state index contributed by atoms with van der Waals surface area (Å²) in [4.78, 5) is 4.76. The molecule has 0 saturated carbocycles. The summed E-state index contributed by atoms with van der Waals surface area (Å²) in [6.07, 6.45) is 0.561. The Balaban J connectivity index is 1.70. The molecule has 0 aliphatic carbocycles. The Morgan fingerprint density at radius 3 is 2.65 bits per heavy atom. The third-order valence-corrected chi connectivity index (χ3v) is 6.86. The van der Waals surface area contributed by atoms with Crippen molar-refractivity contribution in [3.63, 3.8) is 0 Å². The third kappa shape index (κ3) is 5.77. The fourth-order valence-corrected chi connectivity index (χ4v) is 4.53. The van der Waals surface area contributed by atoms with Crippen LogP contribution in [0.1, 0.15) is 31.1 Å². The molecule has 4 rings (SSSR count). The minimum atomic E-state index is -1.22. The Labute approximate surface area is 203 Å². The lowest BCUT2D eigenvalue weighted by Crippen LogP contribution is -2.35. The summed E-state index contributed by atoms with van der Waals surface area (Å²) < 4.78 is 26.9. The quantitative estimate of drug-likeness (QED) is 0.234. The molecule has 178 valence electrons. The monoisotopic (exact) mass is 478 g/mol. The maximum atomic E-state index is 12.9. The van der Waals surface area contributed by atoms with Crippen molar-refractivity contribution in [1.82, 2.24) is 14.9 Å². The van der Waals surface area contributed by atoms with Gasteiger partial charge in [0.25, 0.3) is 0 Å². The molecule has 2 N–H and O–H groups in total. The average molecular weight is 479 g/mol. The van der Waals surface area contributed by atoms with Crippen molar-refractivity contribution >= 4 is 28.1 Å². The summed E-state index contributed by atoms with van der Waals surface area (Å²) in [5, 5.41) is 8.56. The average Bonchev–Trinajstić information content (AvgIpc) is 3.28. The number of para-hydroxylation sites is 1. The number of ether oxygens (including phenoxy) is 1. The molecule has 2 unspecified atom stereocenters. The van der Waals surface area contributed by atoms with Crippen LogP contribution in [0.15, 0.2) is 71.3 Å². The van der Waals surface area contributed by atoms with E-state index in [1.165, 1.54) is 0 Å². The number of anilines is 1. The van der Waals surface area contributed by atoms with Crippen molar-refractivity contribution in [2.45, 2.75) is 31.6 Å². The van der Waals surface area contributed by atoms with Crippen LogP contribution in [0.2, 0.25) is 0 Å². The molecule has 0 spiro atoms. The zero-order chi connectivity index (χ0) is 23.9. The van der Waals surface area contributed by atoms with Crippen LogP contribution in [-0.2, 0) is 22.5 Å². The Bertz CT molecular complexity index is 1210. The molecule has 0 amide bonds. The van der Waals surface area contributed by atoms with E-state index in [0.717, 1.165) is 39.3 Å². The van der Waals surface area contributed by atoms with Gasteiger partial charge in [0.05, 0.1) is 12.6 Å². The number of methoxy groups -OCH3 is 1. The fraction of sp³-hybridized carbons (Fsp3) is 0.308. The van der Waals surface area contributed by atoms with E-state index in [0.29, 0.717) is 19.6 Å². The van der Waals surface area contributed by atoms with E-state index in [4.69, 9.17) is 14.2 Å². The Morgan fingerprint density at radius 1 is 1.03 bits per heavy atom. The van der Waals surface area contributed by atoms with E-state index < -0.39 is 11.4 Å². The molecule has 4 aromatic rings. The van der Waals surface area contributed by atoms with Gasteiger partial charge >= 0.3 is 0 Å². The SMILES string of the molecule is COCCNc1cccc(CC(N[S+]([O-])C(C)C)c2ccccc2-c2noc3ccccc23)n1. The molecule has 0 bridgehead atoms. The van der Waals surface area contributed by atoms with E-state index in [2.05, 4.69) is 21.3 Å². The van der Waals surface area contributed by atoms with Gasteiger partial charge in [-0.15, -0.1) is 4.72 Å². The fourth-order valence-electron chi connectivity index (χ4n) is 3.77. The number of hydrogen-bond donors (Lipinski definition) is 2.